The van der Waals surface area contributed by atoms with E-state index in [1.54, 1.807) is 87.5 Å². The van der Waals surface area contributed by atoms with Crippen molar-refractivity contribution in [3.05, 3.63) is 213 Å². The van der Waals surface area contributed by atoms with Gasteiger partial charge in [0.05, 0.1) is 36.2 Å². The van der Waals surface area contributed by atoms with Gasteiger partial charge < -0.3 is 31.8 Å². The summed E-state index contributed by atoms with van der Waals surface area (Å²) in [7, 11) is -10.7. The quantitative estimate of drug-likeness (QED) is 0.0384. The summed E-state index contributed by atoms with van der Waals surface area (Å²) < 4.78 is 83.4. The van der Waals surface area contributed by atoms with E-state index in [0.717, 1.165) is 98.3 Å². The predicted octanol–water partition coefficient (Wildman–Crippen LogP) is 15.9. The van der Waals surface area contributed by atoms with E-state index in [4.69, 9.17) is 65.6 Å². The molecule has 0 aliphatic heterocycles. The number of aryl methyl sites for hydroxylation is 7. The number of nitrogens with one attached hydrogen (secondary N) is 4. The van der Waals surface area contributed by atoms with Crippen LogP contribution in [0.1, 0.15) is 168 Å². The first-order valence-electron chi connectivity index (χ1n) is 39.4. The minimum absolute atomic E-state index is 0. The van der Waals surface area contributed by atoms with Gasteiger partial charge in [0.1, 0.15) is 28.3 Å². The van der Waals surface area contributed by atoms with Gasteiger partial charge in [0, 0.05) is 58.1 Å². The Morgan fingerprint density at radius 1 is 0.379 bits per heavy atom. The van der Waals surface area contributed by atoms with Crippen molar-refractivity contribution in [2.45, 2.75) is 216 Å². The third-order valence-corrected chi connectivity index (χ3v) is 27.2. The molecule has 606 valence electrons. The van der Waals surface area contributed by atoms with Gasteiger partial charge in [-0.15, -0.1) is 0 Å². The second-order valence-corrected chi connectivity index (χ2v) is 36.4. The number of hydrogen-bond donors (Lipinski definition) is 5. The van der Waals surface area contributed by atoms with Gasteiger partial charge in [-0.25, -0.2) is 67.1 Å². The molecule has 4 saturated carbocycles. The zero-order chi connectivity index (χ0) is 81.7. The summed E-state index contributed by atoms with van der Waals surface area (Å²) in [5, 5.41) is 22.0. The van der Waals surface area contributed by atoms with Crippen LogP contribution in [0.2, 0.25) is 15.7 Å². The zero-order valence-electron chi connectivity index (χ0n) is 67.2. The maximum absolute atomic E-state index is 13.7. The molecule has 116 heavy (non-hydrogen) atoms. The van der Waals surface area contributed by atoms with Crippen molar-refractivity contribution in [3.8, 4) is 22.8 Å². The standard InChI is InChI=1S/C26H28N4O2S.C20H23ClN4O2S.C19H22N4.C14H11Cl2N3O2S.C6H13N.CH3O.Na/c1-18-13-15-22(16-14-18)33(31,32)30-19(2)17-23-25(27-21-11-7-4-8-12-21)28-24(29-26(23)30)20-9-5-3-6-10-20;1-13-8-10-16(11-9-13)28(26,27)25-14(2)12-17-18(23-20(21)24-19(17)25)22-15-6-4-3-5-7-15;1-13-12-16-18(20-13)22-17(14-8-4-2-5-9-14)23-19(16)21-15-10-6-3-7-11-15;1-8-3-5-10(6-4-8)22(20,21)19-9(2)7-11-12(15)17-14(16)18-13(11)19;7-6-4-2-1-3-5-6;1-2;/h3,5-6,9-10,13-17,21H,4,7-8,11-12H2,1-2H3,(H,27,28,29);8-12,15H,3-7H2,1-2H3,(H,22,23,24);2,4-5,8-9,12,15H,3,6-7,10-11H2,1H3,(H2,20,21,22,23);3-7H,1-2H3;6H,1-5,7H2;1H3;/q;;;;;-1;+1. The van der Waals surface area contributed by atoms with Crippen LogP contribution in [-0.2, 0) is 30.1 Å². The second-order valence-electron chi connectivity index (χ2n) is 30.0. The number of aromatic amines is 1. The molecule has 0 unspecified atom stereocenters. The minimum Gasteiger partial charge on any atom is -0.857 e. The van der Waals surface area contributed by atoms with Gasteiger partial charge in [-0.2, -0.15) is 17.1 Å². The number of halogens is 3. The zero-order valence-corrected chi connectivity index (χ0v) is 73.9. The maximum Gasteiger partial charge on any atom is 1.00 e. The van der Waals surface area contributed by atoms with E-state index < -0.39 is 30.1 Å². The fraction of sp³-hybridized carbons (Fsp3) is 0.372. The molecule has 0 amide bonds. The molecule has 0 radical (unpaired) electrons. The van der Waals surface area contributed by atoms with Crippen molar-refractivity contribution >= 4 is 126 Å². The van der Waals surface area contributed by atoms with Gasteiger partial charge in [0.25, 0.3) is 30.1 Å². The van der Waals surface area contributed by atoms with E-state index in [0.29, 0.717) is 80.8 Å². The molecule has 17 rings (SSSR count). The van der Waals surface area contributed by atoms with Crippen molar-refractivity contribution in [1.82, 2.24) is 56.8 Å². The molecule has 23 nitrogen and oxygen atoms in total. The van der Waals surface area contributed by atoms with Crippen molar-refractivity contribution in [3.63, 3.8) is 0 Å². The van der Waals surface area contributed by atoms with Crippen LogP contribution < -0.4 is 56.3 Å². The van der Waals surface area contributed by atoms with Crippen molar-refractivity contribution < 1.29 is 59.9 Å². The Morgan fingerprint density at radius 3 is 1.07 bits per heavy atom. The summed E-state index contributed by atoms with van der Waals surface area (Å²) in [4.78, 5) is 39.6. The summed E-state index contributed by atoms with van der Waals surface area (Å²) in [6.07, 6.45) is 24.7. The normalized spacial score (nSPS) is 15.1. The van der Waals surface area contributed by atoms with Crippen LogP contribution in [0.4, 0.5) is 17.5 Å². The number of nitrogens with zero attached hydrogens (tertiary/aromatic N) is 11. The number of fused-ring (bicyclic) bond motifs is 4. The summed E-state index contributed by atoms with van der Waals surface area (Å²) in [5.41, 5.74) is 15.1. The monoisotopic (exact) mass is 1690 g/mol. The Morgan fingerprint density at radius 2 is 0.698 bits per heavy atom. The Balaban J connectivity index is 0.000000148. The van der Waals surface area contributed by atoms with Crippen molar-refractivity contribution in [1.29, 1.82) is 0 Å². The van der Waals surface area contributed by atoms with E-state index in [-0.39, 0.29) is 65.6 Å². The second kappa shape index (κ2) is 39.9. The molecule has 0 bridgehead atoms. The number of benzene rings is 5. The van der Waals surface area contributed by atoms with Gasteiger partial charge in [-0.3, -0.25) is 0 Å². The topological polar surface area (TPSA) is 321 Å². The van der Waals surface area contributed by atoms with E-state index in [9.17, 15) is 25.3 Å². The third-order valence-electron chi connectivity index (χ3n) is 21.1. The molecule has 0 atom stereocenters. The number of hydrogen-bond acceptors (Lipinski definition) is 19. The molecule has 8 heterocycles. The summed E-state index contributed by atoms with van der Waals surface area (Å²) >= 11 is 18.0. The largest absolute Gasteiger partial charge is 1.00 e. The third kappa shape index (κ3) is 21.2. The van der Waals surface area contributed by atoms with Gasteiger partial charge in [-0.05, 0) is 184 Å². The van der Waals surface area contributed by atoms with Crippen LogP contribution in [-0.4, -0.2) is 113 Å². The molecule has 30 heteroatoms. The van der Waals surface area contributed by atoms with Crippen LogP contribution in [0, 0.1) is 48.5 Å². The van der Waals surface area contributed by atoms with Gasteiger partial charge in [-0.1, -0.05) is 202 Å². The number of nitrogens with two attached hydrogens (primary N) is 1. The molecule has 8 aromatic heterocycles. The van der Waals surface area contributed by atoms with Crippen LogP contribution in [0.15, 0.2) is 172 Å². The minimum atomic E-state index is -3.82. The van der Waals surface area contributed by atoms with Crippen molar-refractivity contribution in [2.75, 3.05) is 23.1 Å². The SMILES string of the molecule is C[O-].Cc1cc2c(NC3CCCCC3)nc(-c3ccccc3)nc2[nH]1.Cc1ccc(S(=O)(=O)n2c(C)cc3c(Cl)nc(Cl)nc32)cc1.Cc1ccc(S(=O)(=O)n2c(C)cc3c(NC4CCCCC4)nc(-c4ccccc4)nc32)cc1.Cc1ccc(S(=O)(=O)n2c(C)cc3c(NC4CCCCC4)nc(Cl)nc32)cc1.NC1CCCCC1.[Na+]. The average Bonchev–Trinajstić information content (AvgIpc) is 1.60. The molecule has 13 aromatic rings. The Hall–Kier alpha value is -8.38. The summed E-state index contributed by atoms with van der Waals surface area (Å²) in [5.74, 6) is 3.55. The molecule has 0 spiro atoms. The van der Waals surface area contributed by atoms with Crippen LogP contribution in [0.3, 0.4) is 0 Å². The fourth-order valence-electron chi connectivity index (χ4n) is 15.2. The van der Waals surface area contributed by atoms with E-state index >= 15 is 0 Å². The number of H-pyrrole nitrogens is 1. The molecule has 5 aromatic carbocycles. The summed E-state index contributed by atoms with van der Waals surface area (Å²) in [6, 6.07) is 49.3. The molecule has 0 saturated heterocycles. The Labute approximate surface area is 717 Å². The van der Waals surface area contributed by atoms with E-state index in [1.165, 1.54) is 111 Å². The number of anilines is 3. The van der Waals surface area contributed by atoms with Gasteiger partial charge >= 0.3 is 29.6 Å². The van der Waals surface area contributed by atoms with E-state index in [1.807, 2.05) is 93.6 Å². The smallest absolute Gasteiger partial charge is 0.857 e. The first-order valence-corrected chi connectivity index (χ1v) is 44.8. The fourth-order valence-corrected chi connectivity index (χ4v) is 20.2. The van der Waals surface area contributed by atoms with Crippen LogP contribution in [0.25, 0.3) is 66.9 Å². The molecule has 4 aliphatic carbocycles. The maximum atomic E-state index is 13.7. The van der Waals surface area contributed by atoms with Gasteiger partial charge in [0.2, 0.25) is 10.6 Å². The number of aromatic nitrogens is 12. The first-order chi connectivity index (χ1) is 55.3. The van der Waals surface area contributed by atoms with E-state index in [2.05, 4.69) is 66.0 Å². The summed E-state index contributed by atoms with van der Waals surface area (Å²) in [6.45, 7) is 13.0. The van der Waals surface area contributed by atoms with Crippen LogP contribution >= 0.6 is 34.8 Å². The Kier molecular flexibility index (Phi) is 30.4. The molecule has 6 N–H and O–H groups in total. The Bertz CT molecular complexity index is 5860. The molecular weight excluding hydrogens is 1590 g/mol. The number of rotatable bonds is 14. The van der Waals surface area contributed by atoms with Crippen molar-refractivity contribution in [2.24, 2.45) is 5.73 Å². The average molecular weight is 1700 g/mol. The molecule has 4 aliphatic rings. The van der Waals surface area contributed by atoms with Crippen LogP contribution in [0.5, 0.6) is 0 Å². The van der Waals surface area contributed by atoms with Gasteiger partial charge in [0.15, 0.2) is 28.6 Å². The molecular formula is C86H100Cl3N16NaO7S3. The molecule has 4 fully saturated rings. The first kappa shape index (κ1) is 88.4. The predicted molar refractivity (Wildman–Crippen MR) is 461 cm³/mol.